The van der Waals surface area contributed by atoms with Gasteiger partial charge in [-0.2, -0.15) is 13.2 Å². The van der Waals surface area contributed by atoms with Crippen molar-refractivity contribution in [2.24, 2.45) is 0 Å². The van der Waals surface area contributed by atoms with Crippen LogP contribution >= 0.6 is 0 Å². The lowest BCUT2D eigenvalue weighted by molar-refractivity contribution is -0.137. The van der Waals surface area contributed by atoms with Crippen LogP contribution in [-0.2, 0) is 22.4 Å². The van der Waals surface area contributed by atoms with Crippen LogP contribution in [0.15, 0.2) is 42.5 Å². The lowest BCUT2D eigenvalue weighted by Crippen LogP contribution is -2.37. The zero-order valence-electron chi connectivity index (χ0n) is 15.5. The Bertz CT molecular complexity index is 915. The van der Waals surface area contributed by atoms with E-state index >= 15 is 0 Å². The summed E-state index contributed by atoms with van der Waals surface area (Å²) < 4.78 is 49.1. The number of nitrogens with one attached hydrogen (secondary N) is 2. The van der Waals surface area contributed by atoms with Gasteiger partial charge in [-0.15, -0.1) is 0 Å². The van der Waals surface area contributed by atoms with E-state index < -0.39 is 17.8 Å². The molecule has 2 aromatic rings. The number of rotatable bonds is 6. The fourth-order valence-electron chi connectivity index (χ4n) is 2.90. The number of halogens is 3. The number of ether oxygens (including phenoxy) is 2. The fourth-order valence-corrected chi connectivity index (χ4v) is 2.90. The van der Waals surface area contributed by atoms with E-state index in [1.165, 1.54) is 19.2 Å². The highest BCUT2D eigenvalue weighted by Gasteiger charge is 2.30. The van der Waals surface area contributed by atoms with Gasteiger partial charge in [-0.1, -0.05) is 12.1 Å². The summed E-state index contributed by atoms with van der Waals surface area (Å²) >= 11 is 0. The minimum absolute atomic E-state index is 0.00562. The molecule has 0 spiro atoms. The Kier molecular flexibility index (Phi) is 5.95. The number of anilines is 1. The van der Waals surface area contributed by atoms with Gasteiger partial charge in [-0.25, -0.2) is 0 Å². The number of benzene rings is 2. The molecule has 1 aliphatic rings. The predicted octanol–water partition coefficient (Wildman–Crippen LogP) is 3.51. The van der Waals surface area contributed by atoms with Gasteiger partial charge in [-0.05, 0) is 42.3 Å². The van der Waals surface area contributed by atoms with E-state index in [1.807, 2.05) is 0 Å². The Labute approximate surface area is 165 Å². The molecule has 1 heterocycles. The van der Waals surface area contributed by atoms with Crippen LogP contribution in [-0.4, -0.2) is 25.0 Å². The Balaban J connectivity index is 1.70. The van der Waals surface area contributed by atoms with Crippen LogP contribution in [0, 0.1) is 0 Å². The third kappa shape index (κ3) is 5.18. The second kappa shape index (κ2) is 8.42. The van der Waals surface area contributed by atoms with Gasteiger partial charge in [0.05, 0.1) is 18.4 Å². The van der Waals surface area contributed by atoms with Gasteiger partial charge in [0, 0.05) is 6.42 Å². The van der Waals surface area contributed by atoms with E-state index in [4.69, 9.17) is 9.47 Å². The molecule has 0 saturated carbocycles. The number of methoxy groups -OCH3 is 1. The van der Waals surface area contributed by atoms with Gasteiger partial charge in [0.1, 0.15) is 24.1 Å². The van der Waals surface area contributed by atoms with Gasteiger partial charge in [0.25, 0.3) is 0 Å². The topological polar surface area (TPSA) is 76.7 Å². The summed E-state index contributed by atoms with van der Waals surface area (Å²) in [6.07, 6.45) is -3.75. The van der Waals surface area contributed by atoms with Crippen LogP contribution in [0.25, 0.3) is 0 Å². The van der Waals surface area contributed by atoms with Crippen molar-refractivity contribution in [3.05, 3.63) is 53.6 Å². The summed E-state index contributed by atoms with van der Waals surface area (Å²) in [5.74, 6) is -0.0640. The van der Waals surface area contributed by atoms with Gasteiger partial charge >= 0.3 is 6.18 Å². The van der Waals surface area contributed by atoms with E-state index in [0.717, 1.165) is 12.1 Å². The van der Waals surface area contributed by atoms with Gasteiger partial charge in [0.2, 0.25) is 11.8 Å². The zero-order chi connectivity index (χ0) is 21.0. The van der Waals surface area contributed by atoms with Crippen molar-refractivity contribution in [3.8, 4) is 11.5 Å². The lowest BCUT2D eigenvalue weighted by atomic mass is 10.1. The summed E-state index contributed by atoms with van der Waals surface area (Å²) in [6, 6.07) is 8.90. The van der Waals surface area contributed by atoms with Crippen molar-refractivity contribution in [1.82, 2.24) is 5.32 Å². The fraction of sp³-hybridized carbons (Fsp3) is 0.300. The molecule has 0 bridgehead atoms. The first-order chi connectivity index (χ1) is 13.8. The first-order valence-electron chi connectivity index (χ1n) is 8.83. The molecule has 1 unspecified atom stereocenters. The molecule has 2 amide bonds. The third-order valence-electron chi connectivity index (χ3n) is 4.40. The molecule has 154 valence electrons. The van der Waals surface area contributed by atoms with Crippen LogP contribution in [0.5, 0.6) is 11.5 Å². The molecule has 0 aromatic heterocycles. The average Bonchev–Trinajstić information content (AvgIpc) is 3.13. The molecule has 0 aliphatic carbocycles. The normalized spacial score (nSPS) is 16.3. The van der Waals surface area contributed by atoms with Crippen molar-refractivity contribution in [2.45, 2.75) is 31.7 Å². The van der Waals surface area contributed by atoms with Crippen molar-refractivity contribution >= 4 is 17.5 Å². The zero-order valence-corrected chi connectivity index (χ0v) is 15.5. The molecule has 0 radical (unpaired) electrons. The van der Waals surface area contributed by atoms with Crippen molar-refractivity contribution < 1.29 is 32.2 Å². The first kappa shape index (κ1) is 20.5. The molecule has 2 aromatic carbocycles. The molecule has 1 fully saturated rings. The average molecular weight is 408 g/mol. The summed E-state index contributed by atoms with van der Waals surface area (Å²) in [5, 5.41) is 5.29. The maximum atomic E-state index is 12.8. The van der Waals surface area contributed by atoms with E-state index in [-0.39, 0.29) is 24.2 Å². The number of amides is 2. The van der Waals surface area contributed by atoms with Crippen molar-refractivity contribution in [3.63, 3.8) is 0 Å². The predicted molar refractivity (Wildman–Crippen MR) is 98.6 cm³/mol. The summed E-state index contributed by atoms with van der Waals surface area (Å²) in [5.41, 5.74) is 0.203. The molecular weight excluding hydrogens is 389 g/mol. The molecule has 1 aliphatic heterocycles. The van der Waals surface area contributed by atoms with Gasteiger partial charge < -0.3 is 20.1 Å². The van der Waals surface area contributed by atoms with Crippen molar-refractivity contribution in [2.75, 3.05) is 12.4 Å². The highest BCUT2D eigenvalue weighted by Crippen LogP contribution is 2.32. The molecule has 3 rings (SSSR count). The number of carbonyl (C=O) groups is 2. The number of alkyl halides is 3. The SMILES string of the molecule is COc1ccc(COc2cccc(C(F)(F)F)c2)cc1NC(=O)C1CCC(=O)N1. The highest BCUT2D eigenvalue weighted by atomic mass is 19.4. The minimum Gasteiger partial charge on any atom is -0.495 e. The summed E-state index contributed by atoms with van der Waals surface area (Å²) in [4.78, 5) is 23.6. The van der Waals surface area contributed by atoms with E-state index in [2.05, 4.69) is 10.6 Å². The Morgan fingerprint density at radius 1 is 1.24 bits per heavy atom. The van der Waals surface area contributed by atoms with E-state index in [9.17, 15) is 22.8 Å². The molecule has 6 nitrogen and oxygen atoms in total. The third-order valence-corrected chi connectivity index (χ3v) is 4.40. The largest absolute Gasteiger partial charge is 0.495 e. The molecular formula is C20H19F3N2O4. The number of hydrogen-bond acceptors (Lipinski definition) is 4. The lowest BCUT2D eigenvalue weighted by Gasteiger charge is -2.15. The maximum Gasteiger partial charge on any atom is 0.416 e. The summed E-state index contributed by atoms with van der Waals surface area (Å²) in [6.45, 7) is -0.00562. The smallest absolute Gasteiger partial charge is 0.416 e. The Hall–Kier alpha value is -3.23. The van der Waals surface area contributed by atoms with Gasteiger partial charge in [0.15, 0.2) is 0 Å². The first-order valence-corrected chi connectivity index (χ1v) is 8.83. The molecule has 2 N–H and O–H groups in total. The van der Waals surface area contributed by atoms with Gasteiger partial charge in [-0.3, -0.25) is 9.59 Å². The summed E-state index contributed by atoms with van der Waals surface area (Å²) in [7, 11) is 1.45. The van der Waals surface area contributed by atoms with Crippen LogP contribution in [0.4, 0.5) is 18.9 Å². The molecule has 1 atom stereocenters. The minimum atomic E-state index is -4.45. The quantitative estimate of drug-likeness (QED) is 0.767. The van der Waals surface area contributed by atoms with E-state index in [1.54, 1.807) is 18.2 Å². The molecule has 29 heavy (non-hydrogen) atoms. The van der Waals surface area contributed by atoms with Crippen LogP contribution in [0.2, 0.25) is 0 Å². The second-order valence-corrected chi connectivity index (χ2v) is 6.50. The van der Waals surface area contributed by atoms with Crippen molar-refractivity contribution in [1.29, 1.82) is 0 Å². The molecule has 9 heteroatoms. The van der Waals surface area contributed by atoms with Crippen LogP contribution in [0.3, 0.4) is 0 Å². The Morgan fingerprint density at radius 2 is 2.03 bits per heavy atom. The second-order valence-electron chi connectivity index (χ2n) is 6.50. The molecule has 1 saturated heterocycles. The highest BCUT2D eigenvalue weighted by molar-refractivity contribution is 5.99. The van der Waals surface area contributed by atoms with Crippen LogP contribution in [0.1, 0.15) is 24.0 Å². The maximum absolute atomic E-state index is 12.8. The Morgan fingerprint density at radius 3 is 2.69 bits per heavy atom. The number of hydrogen-bond donors (Lipinski definition) is 2. The number of carbonyl (C=O) groups excluding carboxylic acids is 2. The van der Waals surface area contributed by atoms with E-state index in [0.29, 0.717) is 29.8 Å². The standard InChI is InChI=1S/C20H19F3N2O4/c1-28-17-7-5-12(9-16(17)25-19(27)15-6-8-18(26)24-15)11-29-14-4-2-3-13(10-14)20(21,22)23/h2-5,7,9-10,15H,6,8,11H2,1H3,(H,24,26)(H,25,27). The van der Waals surface area contributed by atoms with Crippen LogP contribution < -0.4 is 20.1 Å². The monoisotopic (exact) mass is 408 g/mol.